The predicted molar refractivity (Wildman–Crippen MR) is 77.6 cm³/mol. The fraction of sp³-hybridized carbons (Fsp3) is 0.231. The number of thiophene rings is 1. The summed E-state index contributed by atoms with van der Waals surface area (Å²) in [4.78, 5) is 1.08. The van der Waals surface area contributed by atoms with Crippen molar-refractivity contribution in [2.24, 2.45) is 5.73 Å². The Bertz CT molecular complexity index is 542. The Morgan fingerprint density at radius 2 is 2.00 bits per heavy atom. The Labute approximate surface area is 119 Å². The number of hydrogen-bond donors (Lipinski definition) is 1. The zero-order valence-electron chi connectivity index (χ0n) is 10.1. The SMILES string of the molecule is COc1ccc(C(N)c2sccc2Br)c(OC)c1. The minimum Gasteiger partial charge on any atom is -0.497 e. The highest BCUT2D eigenvalue weighted by Gasteiger charge is 2.18. The largest absolute Gasteiger partial charge is 0.497 e. The maximum absolute atomic E-state index is 6.29. The van der Waals surface area contributed by atoms with Crippen LogP contribution in [0.3, 0.4) is 0 Å². The van der Waals surface area contributed by atoms with Gasteiger partial charge in [0, 0.05) is 21.0 Å². The van der Waals surface area contributed by atoms with Gasteiger partial charge in [-0.3, -0.25) is 0 Å². The van der Waals surface area contributed by atoms with Crippen molar-refractivity contribution in [1.29, 1.82) is 0 Å². The number of rotatable bonds is 4. The van der Waals surface area contributed by atoms with Gasteiger partial charge in [0.1, 0.15) is 11.5 Å². The average molecular weight is 328 g/mol. The minimum atomic E-state index is -0.208. The van der Waals surface area contributed by atoms with Crippen molar-refractivity contribution in [2.75, 3.05) is 14.2 Å². The molecule has 0 aliphatic carbocycles. The van der Waals surface area contributed by atoms with E-state index in [1.165, 1.54) is 0 Å². The quantitative estimate of drug-likeness (QED) is 0.933. The Hall–Kier alpha value is -1.04. The van der Waals surface area contributed by atoms with Crippen molar-refractivity contribution >= 4 is 27.3 Å². The molecule has 0 amide bonds. The zero-order valence-corrected chi connectivity index (χ0v) is 12.5. The molecule has 0 radical (unpaired) electrons. The van der Waals surface area contributed by atoms with Crippen LogP contribution < -0.4 is 15.2 Å². The van der Waals surface area contributed by atoms with Crippen molar-refractivity contribution < 1.29 is 9.47 Å². The second kappa shape index (κ2) is 5.73. The van der Waals surface area contributed by atoms with Crippen LogP contribution in [-0.4, -0.2) is 14.2 Å². The molecule has 0 aliphatic heterocycles. The van der Waals surface area contributed by atoms with E-state index in [0.29, 0.717) is 0 Å². The summed E-state index contributed by atoms with van der Waals surface area (Å²) < 4.78 is 11.6. The maximum atomic E-state index is 6.29. The average Bonchev–Trinajstić information content (AvgIpc) is 2.83. The first-order chi connectivity index (χ1) is 8.67. The van der Waals surface area contributed by atoms with Crippen LogP contribution in [-0.2, 0) is 0 Å². The number of hydrogen-bond acceptors (Lipinski definition) is 4. The lowest BCUT2D eigenvalue weighted by Crippen LogP contribution is -2.12. The molecular weight excluding hydrogens is 314 g/mol. The third-order valence-electron chi connectivity index (χ3n) is 2.70. The van der Waals surface area contributed by atoms with Gasteiger partial charge in [-0.25, -0.2) is 0 Å². The Morgan fingerprint density at radius 1 is 1.22 bits per heavy atom. The number of nitrogens with two attached hydrogens (primary N) is 1. The lowest BCUT2D eigenvalue weighted by Gasteiger charge is -2.16. The molecule has 2 N–H and O–H groups in total. The molecule has 0 fully saturated rings. The smallest absolute Gasteiger partial charge is 0.127 e. The molecule has 1 unspecified atom stereocenters. The summed E-state index contributed by atoms with van der Waals surface area (Å²) >= 11 is 5.13. The topological polar surface area (TPSA) is 44.5 Å². The van der Waals surface area contributed by atoms with Crippen LogP contribution >= 0.6 is 27.3 Å². The Kier molecular flexibility index (Phi) is 4.27. The molecule has 0 saturated heterocycles. The molecule has 3 nitrogen and oxygen atoms in total. The summed E-state index contributed by atoms with van der Waals surface area (Å²) in [5.74, 6) is 1.50. The standard InChI is InChI=1S/C13H14BrNO2S/c1-16-8-3-4-9(11(7-8)17-2)12(15)13-10(14)5-6-18-13/h3-7,12H,15H2,1-2H3. The number of halogens is 1. The third kappa shape index (κ3) is 2.53. The van der Waals surface area contributed by atoms with Gasteiger partial charge in [-0.1, -0.05) is 0 Å². The van der Waals surface area contributed by atoms with E-state index >= 15 is 0 Å². The van der Waals surface area contributed by atoms with E-state index in [0.717, 1.165) is 26.4 Å². The summed E-state index contributed by atoms with van der Waals surface area (Å²) in [6.45, 7) is 0. The van der Waals surface area contributed by atoms with Crippen LogP contribution in [0, 0.1) is 0 Å². The van der Waals surface area contributed by atoms with Crippen LogP contribution in [0.5, 0.6) is 11.5 Å². The molecule has 18 heavy (non-hydrogen) atoms. The van der Waals surface area contributed by atoms with Crippen LogP contribution in [0.25, 0.3) is 0 Å². The number of benzene rings is 1. The zero-order chi connectivity index (χ0) is 13.1. The lowest BCUT2D eigenvalue weighted by atomic mass is 10.0. The van der Waals surface area contributed by atoms with Crippen LogP contribution in [0.4, 0.5) is 0 Å². The molecule has 1 atom stereocenters. The second-order valence-corrected chi connectivity index (χ2v) is 5.52. The summed E-state index contributed by atoms with van der Waals surface area (Å²) in [7, 11) is 3.26. The van der Waals surface area contributed by atoms with Gasteiger partial charge in [-0.05, 0) is 39.5 Å². The van der Waals surface area contributed by atoms with Crippen LogP contribution in [0.1, 0.15) is 16.5 Å². The van der Waals surface area contributed by atoms with E-state index in [2.05, 4.69) is 15.9 Å². The van der Waals surface area contributed by atoms with Gasteiger partial charge in [0.2, 0.25) is 0 Å². The first-order valence-corrected chi connectivity index (χ1v) is 7.05. The monoisotopic (exact) mass is 327 g/mol. The fourth-order valence-electron chi connectivity index (χ4n) is 1.74. The Morgan fingerprint density at radius 3 is 2.56 bits per heavy atom. The highest BCUT2D eigenvalue weighted by atomic mass is 79.9. The first-order valence-electron chi connectivity index (χ1n) is 5.37. The van der Waals surface area contributed by atoms with E-state index in [9.17, 15) is 0 Å². The maximum Gasteiger partial charge on any atom is 0.127 e. The van der Waals surface area contributed by atoms with Crippen molar-refractivity contribution in [3.8, 4) is 11.5 Å². The fourth-order valence-corrected chi connectivity index (χ4v) is 3.38. The highest BCUT2D eigenvalue weighted by Crippen LogP contribution is 2.36. The third-order valence-corrected chi connectivity index (χ3v) is 4.66. The van der Waals surface area contributed by atoms with Crippen molar-refractivity contribution in [3.05, 3.63) is 44.6 Å². The molecule has 96 valence electrons. The predicted octanol–water partition coefficient (Wildman–Crippen LogP) is 3.58. The van der Waals surface area contributed by atoms with Gasteiger partial charge in [-0.15, -0.1) is 11.3 Å². The molecule has 0 saturated carbocycles. The molecule has 0 bridgehead atoms. The van der Waals surface area contributed by atoms with Gasteiger partial charge in [-0.2, -0.15) is 0 Å². The van der Waals surface area contributed by atoms with Crippen molar-refractivity contribution in [2.45, 2.75) is 6.04 Å². The molecular formula is C13H14BrNO2S. The molecule has 2 aromatic rings. The van der Waals surface area contributed by atoms with Crippen LogP contribution in [0.2, 0.25) is 0 Å². The van der Waals surface area contributed by atoms with E-state index in [4.69, 9.17) is 15.2 Å². The van der Waals surface area contributed by atoms with Gasteiger partial charge in [0.15, 0.2) is 0 Å². The molecule has 1 aromatic heterocycles. The minimum absolute atomic E-state index is 0.208. The first kappa shape index (κ1) is 13.4. The normalized spacial score (nSPS) is 12.2. The second-order valence-electron chi connectivity index (χ2n) is 3.72. The summed E-state index contributed by atoms with van der Waals surface area (Å²) in [6, 6.07) is 7.46. The van der Waals surface area contributed by atoms with E-state index < -0.39 is 0 Å². The summed E-state index contributed by atoms with van der Waals surface area (Å²) in [6.07, 6.45) is 0. The van der Waals surface area contributed by atoms with E-state index in [-0.39, 0.29) is 6.04 Å². The van der Waals surface area contributed by atoms with Crippen molar-refractivity contribution in [1.82, 2.24) is 0 Å². The van der Waals surface area contributed by atoms with Gasteiger partial charge < -0.3 is 15.2 Å². The van der Waals surface area contributed by atoms with E-state index in [1.54, 1.807) is 25.6 Å². The molecule has 0 aliphatic rings. The molecule has 5 heteroatoms. The molecule has 1 heterocycles. The summed E-state index contributed by atoms with van der Waals surface area (Å²) in [5, 5.41) is 2.01. The van der Waals surface area contributed by atoms with Gasteiger partial charge in [0.05, 0.1) is 20.3 Å². The molecule has 2 rings (SSSR count). The summed E-state index contributed by atoms with van der Waals surface area (Å²) in [5.41, 5.74) is 7.23. The highest BCUT2D eigenvalue weighted by molar-refractivity contribution is 9.10. The molecule has 1 aromatic carbocycles. The lowest BCUT2D eigenvalue weighted by molar-refractivity contribution is 0.390. The van der Waals surface area contributed by atoms with Gasteiger partial charge in [0.25, 0.3) is 0 Å². The Balaban J connectivity index is 2.41. The number of ether oxygens (including phenoxy) is 2. The number of methoxy groups -OCH3 is 2. The van der Waals surface area contributed by atoms with Crippen LogP contribution in [0.15, 0.2) is 34.1 Å². The van der Waals surface area contributed by atoms with E-state index in [1.807, 2.05) is 29.6 Å². The van der Waals surface area contributed by atoms with Gasteiger partial charge >= 0.3 is 0 Å². The molecule has 0 spiro atoms. The van der Waals surface area contributed by atoms with Crippen molar-refractivity contribution in [3.63, 3.8) is 0 Å².